The Morgan fingerprint density at radius 3 is 2.28 bits per heavy atom. The van der Waals surface area contributed by atoms with E-state index in [1.165, 1.54) is 89.9 Å². The van der Waals surface area contributed by atoms with Crippen LogP contribution in [0.5, 0.6) is 0 Å². The summed E-state index contributed by atoms with van der Waals surface area (Å²) >= 11 is 0. The lowest BCUT2D eigenvalue weighted by Gasteiger charge is -2.62. The quantitative estimate of drug-likeness (QED) is 0.0945. The van der Waals surface area contributed by atoms with Crippen LogP contribution in [-0.2, 0) is 9.53 Å². The first-order chi connectivity index (χ1) is 22.7. The molecule has 0 heterocycles. The fourth-order valence-corrected chi connectivity index (χ4v) is 12.3. The number of nitrogens with two attached hydrogens (primary N) is 1. The van der Waals surface area contributed by atoms with E-state index in [2.05, 4.69) is 38.3 Å². The number of aliphatic hydroxyl groups is 1. The molecule has 47 heavy (non-hydrogen) atoms. The van der Waals surface area contributed by atoms with Gasteiger partial charge >= 0.3 is 5.97 Å². The third-order valence-corrected chi connectivity index (χ3v) is 15.0. The molecular formula is C41H75N3O3. The van der Waals surface area contributed by atoms with Crippen LogP contribution < -0.4 is 16.4 Å². The predicted octanol–water partition coefficient (Wildman–Crippen LogP) is 7.72. The van der Waals surface area contributed by atoms with Gasteiger partial charge in [0.2, 0.25) is 0 Å². The van der Waals surface area contributed by atoms with E-state index in [0.29, 0.717) is 47.5 Å². The SMILES string of the molecule is CC(CCNCCCCNCCCN)CC1CC[C@@]2(C)C(C1)CC(O)C1C2CC[C@@]2(C)C1CC[C@@H]2C(C)COC(=O)C1CCCCC1. The molecule has 5 aliphatic carbocycles. The van der Waals surface area contributed by atoms with Gasteiger partial charge < -0.3 is 26.2 Å². The monoisotopic (exact) mass is 658 g/mol. The molecule has 6 nitrogen and oxygen atoms in total. The fourth-order valence-electron chi connectivity index (χ4n) is 12.3. The van der Waals surface area contributed by atoms with Crippen LogP contribution in [0.4, 0.5) is 0 Å². The average Bonchev–Trinajstić information content (AvgIpc) is 3.42. The molecule has 0 spiro atoms. The molecule has 5 aliphatic rings. The molecule has 5 rings (SSSR count). The van der Waals surface area contributed by atoms with Gasteiger partial charge in [0.15, 0.2) is 0 Å². The molecule has 5 saturated carbocycles. The molecule has 5 N–H and O–H groups in total. The normalized spacial score (nSPS) is 38.6. The summed E-state index contributed by atoms with van der Waals surface area (Å²) in [5, 5.41) is 19.1. The summed E-state index contributed by atoms with van der Waals surface area (Å²) in [4.78, 5) is 12.8. The van der Waals surface area contributed by atoms with E-state index in [0.717, 1.165) is 70.2 Å². The number of unbranched alkanes of at least 4 members (excludes halogenated alkanes) is 1. The lowest BCUT2D eigenvalue weighted by atomic mass is 9.43. The van der Waals surface area contributed by atoms with E-state index in [4.69, 9.17) is 10.5 Å². The summed E-state index contributed by atoms with van der Waals surface area (Å²) in [5.74, 6) is 5.23. The Bertz CT molecular complexity index is 956. The minimum Gasteiger partial charge on any atom is -0.465 e. The Kier molecular flexibility index (Phi) is 14.0. The molecule has 0 aromatic heterocycles. The summed E-state index contributed by atoms with van der Waals surface area (Å²) < 4.78 is 5.99. The molecule has 5 fully saturated rings. The lowest BCUT2D eigenvalue weighted by Crippen LogP contribution is -2.58. The van der Waals surface area contributed by atoms with Crippen LogP contribution in [-0.4, -0.2) is 56.5 Å². The topological polar surface area (TPSA) is 96.6 Å². The molecule has 272 valence electrons. The number of fused-ring (bicyclic) bond motifs is 5. The maximum atomic E-state index is 12.8. The van der Waals surface area contributed by atoms with Crippen LogP contribution in [0.25, 0.3) is 0 Å². The summed E-state index contributed by atoms with van der Waals surface area (Å²) in [6, 6.07) is 0. The Morgan fingerprint density at radius 2 is 1.53 bits per heavy atom. The van der Waals surface area contributed by atoms with Gasteiger partial charge in [-0.1, -0.05) is 47.0 Å². The Morgan fingerprint density at radius 1 is 0.851 bits per heavy atom. The zero-order chi connectivity index (χ0) is 33.4. The second-order valence-corrected chi connectivity index (χ2v) is 18.1. The smallest absolute Gasteiger partial charge is 0.308 e. The van der Waals surface area contributed by atoms with Gasteiger partial charge in [-0.3, -0.25) is 4.79 Å². The highest BCUT2D eigenvalue weighted by molar-refractivity contribution is 5.72. The van der Waals surface area contributed by atoms with Crippen LogP contribution >= 0.6 is 0 Å². The highest BCUT2D eigenvalue weighted by atomic mass is 16.5. The van der Waals surface area contributed by atoms with E-state index >= 15 is 0 Å². The number of hydrogen-bond donors (Lipinski definition) is 4. The van der Waals surface area contributed by atoms with Crippen LogP contribution in [0.15, 0.2) is 0 Å². The van der Waals surface area contributed by atoms with Crippen molar-refractivity contribution < 1.29 is 14.6 Å². The van der Waals surface area contributed by atoms with Crippen molar-refractivity contribution in [3.8, 4) is 0 Å². The minimum atomic E-state index is -0.142. The fraction of sp³-hybridized carbons (Fsp3) is 0.976. The molecule has 11 atom stereocenters. The summed E-state index contributed by atoms with van der Waals surface area (Å²) in [6.45, 7) is 15.8. The average molecular weight is 658 g/mol. The summed E-state index contributed by atoms with van der Waals surface area (Å²) in [7, 11) is 0. The Labute approximate surface area is 289 Å². The number of aliphatic hydroxyl groups excluding tert-OH is 1. The van der Waals surface area contributed by atoms with Gasteiger partial charge in [-0.05, 0) is 187 Å². The van der Waals surface area contributed by atoms with Gasteiger partial charge in [0.05, 0.1) is 18.6 Å². The number of ether oxygens (including phenoxy) is 1. The molecule has 0 amide bonds. The number of esters is 1. The molecule has 0 aliphatic heterocycles. The number of hydrogen-bond acceptors (Lipinski definition) is 6. The van der Waals surface area contributed by atoms with E-state index < -0.39 is 0 Å². The molecular weight excluding hydrogens is 582 g/mol. The first-order valence-electron chi connectivity index (χ1n) is 20.6. The number of nitrogens with one attached hydrogen (secondary N) is 2. The molecule has 8 unspecified atom stereocenters. The first kappa shape index (κ1) is 37.6. The predicted molar refractivity (Wildman–Crippen MR) is 194 cm³/mol. The molecule has 0 saturated heterocycles. The second-order valence-electron chi connectivity index (χ2n) is 18.1. The Hall–Kier alpha value is -0.690. The van der Waals surface area contributed by atoms with Crippen molar-refractivity contribution in [3.63, 3.8) is 0 Å². The molecule has 0 bridgehead atoms. The number of carbonyl (C=O) groups excluding carboxylic acids is 1. The maximum Gasteiger partial charge on any atom is 0.308 e. The van der Waals surface area contributed by atoms with Crippen molar-refractivity contribution >= 4 is 5.97 Å². The van der Waals surface area contributed by atoms with Crippen molar-refractivity contribution in [1.82, 2.24) is 10.6 Å². The lowest BCUT2D eigenvalue weighted by molar-refractivity contribution is -0.171. The van der Waals surface area contributed by atoms with Gasteiger partial charge in [-0.2, -0.15) is 0 Å². The highest BCUT2D eigenvalue weighted by Crippen LogP contribution is 2.68. The standard InChI is InChI=1S/C41H75N3O3/c1-29(17-24-44-22-9-8-21-43-23-10-20-42)25-31-15-18-40(3)33(26-31)27-37(45)38-35-14-13-34(41(35,4)19-16-36(38)40)30(2)28-47-39(46)32-11-6-5-7-12-32/h29-38,43-45H,5-28,42H2,1-4H3/t29?,30?,31?,33?,34-,35?,36?,37?,38?,40+,41-/m1/s1. The number of carbonyl (C=O) groups is 1. The van der Waals surface area contributed by atoms with E-state index in [9.17, 15) is 9.90 Å². The van der Waals surface area contributed by atoms with E-state index in [1.54, 1.807) is 0 Å². The van der Waals surface area contributed by atoms with Gasteiger partial charge in [0.25, 0.3) is 0 Å². The van der Waals surface area contributed by atoms with Crippen LogP contribution in [0.1, 0.15) is 143 Å². The largest absolute Gasteiger partial charge is 0.465 e. The summed E-state index contributed by atoms with van der Waals surface area (Å²) in [6.07, 6.45) is 21.9. The van der Waals surface area contributed by atoms with E-state index in [1.807, 2.05) is 0 Å². The molecule has 0 aromatic rings. The van der Waals surface area contributed by atoms with Crippen molar-refractivity contribution in [2.24, 2.45) is 69.8 Å². The zero-order valence-electron chi connectivity index (χ0n) is 31.1. The first-order valence-corrected chi connectivity index (χ1v) is 20.6. The van der Waals surface area contributed by atoms with Crippen molar-refractivity contribution in [1.29, 1.82) is 0 Å². The highest BCUT2D eigenvalue weighted by Gasteiger charge is 2.63. The van der Waals surface area contributed by atoms with Crippen molar-refractivity contribution in [3.05, 3.63) is 0 Å². The molecule has 0 radical (unpaired) electrons. The zero-order valence-corrected chi connectivity index (χ0v) is 31.1. The van der Waals surface area contributed by atoms with Crippen molar-refractivity contribution in [2.75, 3.05) is 39.3 Å². The molecule has 6 heteroatoms. The number of rotatable bonds is 17. The van der Waals surface area contributed by atoms with Gasteiger partial charge in [-0.15, -0.1) is 0 Å². The van der Waals surface area contributed by atoms with Crippen LogP contribution in [0.2, 0.25) is 0 Å². The van der Waals surface area contributed by atoms with Gasteiger partial charge in [-0.25, -0.2) is 0 Å². The van der Waals surface area contributed by atoms with Gasteiger partial charge in [0.1, 0.15) is 0 Å². The van der Waals surface area contributed by atoms with E-state index in [-0.39, 0.29) is 23.4 Å². The van der Waals surface area contributed by atoms with Gasteiger partial charge in [0, 0.05) is 0 Å². The molecule has 0 aromatic carbocycles. The maximum absolute atomic E-state index is 12.8. The van der Waals surface area contributed by atoms with Crippen LogP contribution in [0.3, 0.4) is 0 Å². The second kappa shape index (κ2) is 17.5. The minimum absolute atomic E-state index is 0.0667. The Balaban J connectivity index is 1.06. The third-order valence-electron chi connectivity index (χ3n) is 15.0. The third kappa shape index (κ3) is 8.98. The van der Waals surface area contributed by atoms with Crippen LogP contribution in [0, 0.1) is 64.1 Å². The van der Waals surface area contributed by atoms with Crippen molar-refractivity contribution in [2.45, 2.75) is 149 Å². The summed E-state index contributed by atoms with van der Waals surface area (Å²) in [5.41, 5.74) is 6.22.